The van der Waals surface area contributed by atoms with E-state index in [9.17, 15) is 9.59 Å². The number of amides is 2. The lowest BCUT2D eigenvalue weighted by molar-refractivity contribution is -0.136. The highest BCUT2D eigenvalue weighted by Crippen LogP contribution is 2.11. The Morgan fingerprint density at radius 3 is 2.52 bits per heavy atom. The third-order valence-corrected chi connectivity index (χ3v) is 3.67. The molecule has 114 valence electrons. The van der Waals surface area contributed by atoms with E-state index in [4.69, 9.17) is 4.74 Å². The van der Waals surface area contributed by atoms with Gasteiger partial charge in [-0.05, 0) is 32.4 Å². The van der Waals surface area contributed by atoms with E-state index in [-0.39, 0.29) is 11.8 Å². The van der Waals surface area contributed by atoms with Gasteiger partial charge >= 0.3 is 0 Å². The van der Waals surface area contributed by atoms with Gasteiger partial charge in [0.2, 0.25) is 5.91 Å². The minimum absolute atomic E-state index is 0.0589. The molecule has 0 aliphatic carbocycles. The molecule has 0 spiro atoms. The lowest BCUT2D eigenvalue weighted by Crippen LogP contribution is -2.50. The van der Waals surface area contributed by atoms with E-state index in [1.54, 1.807) is 17.9 Å². The summed E-state index contributed by atoms with van der Waals surface area (Å²) in [4.78, 5) is 26.3. The molecule has 0 aromatic heterocycles. The van der Waals surface area contributed by atoms with Crippen LogP contribution in [0.5, 0.6) is 0 Å². The monoisotopic (exact) mass is 290 g/mol. The summed E-state index contributed by atoms with van der Waals surface area (Å²) in [6, 6.07) is 5.13. The molecule has 21 heavy (non-hydrogen) atoms. The number of hydrogen-bond acceptors (Lipinski definition) is 3. The van der Waals surface area contributed by atoms with Crippen LogP contribution < -0.4 is 5.32 Å². The molecule has 1 aliphatic heterocycles. The molecule has 0 unspecified atom stereocenters. The van der Waals surface area contributed by atoms with Crippen LogP contribution in [0.25, 0.3) is 0 Å². The number of benzene rings is 1. The van der Waals surface area contributed by atoms with Gasteiger partial charge in [0, 0.05) is 18.7 Å². The first-order valence-electron chi connectivity index (χ1n) is 7.23. The molecule has 5 heteroatoms. The van der Waals surface area contributed by atoms with E-state index in [1.807, 2.05) is 26.0 Å². The van der Waals surface area contributed by atoms with Gasteiger partial charge in [-0.1, -0.05) is 17.7 Å². The first kappa shape index (κ1) is 15.5. The van der Waals surface area contributed by atoms with Gasteiger partial charge in [-0.2, -0.15) is 0 Å². The van der Waals surface area contributed by atoms with Crippen molar-refractivity contribution >= 4 is 11.8 Å². The highest BCUT2D eigenvalue weighted by molar-refractivity contribution is 5.98. The third-order valence-electron chi connectivity index (χ3n) is 3.67. The van der Waals surface area contributed by atoms with Crippen LogP contribution in [-0.2, 0) is 9.53 Å². The van der Waals surface area contributed by atoms with Gasteiger partial charge in [0.25, 0.3) is 5.91 Å². The minimum Gasteiger partial charge on any atom is -0.378 e. The van der Waals surface area contributed by atoms with Crippen molar-refractivity contribution in [2.45, 2.75) is 26.8 Å². The number of ether oxygens (including phenoxy) is 1. The number of aryl methyl sites for hydroxylation is 2. The van der Waals surface area contributed by atoms with Crippen molar-refractivity contribution in [2.75, 3.05) is 26.3 Å². The number of carbonyl (C=O) groups excluding carboxylic acids is 2. The molecule has 1 fully saturated rings. The largest absolute Gasteiger partial charge is 0.378 e. The SMILES string of the molecule is Cc1ccc(C(=O)N[C@@H](C)C(=O)N2CCOCC2)c(C)c1. The predicted molar refractivity (Wildman–Crippen MR) is 80.2 cm³/mol. The second-order valence-corrected chi connectivity index (χ2v) is 5.45. The van der Waals surface area contributed by atoms with Crippen molar-refractivity contribution in [3.63, 3.8) is 0 Å². The first-order valence-corrected chi connectivity index (χ1v) is 7.23. The lowest BCUT2D eigenvalue weighted by atomic mass is 10.0. The summed E-state index contributed by atoms with van der Waals surface area (Å²) in [5.41, 5.74) is 2.64. The van der Waals surface area contributed by atoms with Gasteiger partial charge in [-0.25, -0.2) is 0 Å². The lowest BCUT2D eigenvalue weighted by Gasteiger charge is -2.29. The third kappa shape index (κ3) is 3.82. The average Bonchev–Trinajstić information content (AvgIpc) is 2.47. The molecule has 1 N–H and O–H groups in total. The van der Waals surface area contributed by atoms with Crippen LogP contribution in [0.15, 0.2) is 18.2 Å². The van der Waals surface area contributed by atoms with Crippen molar-refractivity contribution in [1.82, 2.24) is 10.2 Å². The maximum absolute atomic E-state index is 12.3. The van der Waals surface area contributed by atoms with Crippen LogP contribution in [0.4, 0.5) is 0 Å². The van der Waals surface area contributed by atoms with Crippen molar-refractivity contribution in [1.29, 1.82) is 0 Å². The van der Waals surface area contributed by atoms with Crippen molar-refractivity contribution < 1.29 is 14.3 Å². The Bertz CT molecular complexity index is 536. The molecule has 2 amide bonds. The first-order chi connectivity index (χ1) is 9.99. The summed E-state index contributed by atoms with van der Waals surface area (Å²) in [5.74, 6) is -0.266. The molecule has 1 aromatic carbocycles. The van der Waals surface area contributed by atoms with Gasteiger partial charge in [-0.3, -0.25) is 9.59 Å². The Labute approximate surface area is 125 Å². The summed E-state index contributed by atoms with van der Waals surface area (Å²) in [5, 5.41) is 2.78. The van der Waals surface area contributed by atoms with Crippen LogP contribution in [0.1, 0.15) is 28.4 Å². The summed E-state index contributed by atoms with van der Waals surface area (Å²) in [6.07, 6.45) is 0. The summed E-state index contributed by atoms with van der Waals surface area (Å²) in [7, 11) is 0. The second-order valence-electron chi connectivity index (χ2n) is 5.45. The van der Waals surface area contributed by atoms with Crippen LogP contribution >= 0.6 is 0 Å². The van der Waals surface area contributed by atoms with Gasteiger partial charge < -0.3 is 15.0 Å². The molecule has 0 radical (unpaired) electrons. The Hall–Kier alpha value is -1.88. The molecule has 1 heterocycles. The maximum Gasteiger partial charge on any atom is 0.252 e. The number of morpholine rings is 1. The minimum atomic E-state index is -0.531. The quantitative estimate of drug-likeness (QED) is 0.912. The topological polar surface area (TPSA) is 58.6 Å². The Morgan fingerprint density at radius 1 is 1.24 bits per heavy atom. The maximum atomic E-state index is 12.3. The van der Waals surface area contributed by atoms with E-state index in [0.717, 1.165) is 11.1 Å². The molecule has 0 saturated carbocycles. The second kappa shape index (κ2) is 6.72. The number of carbonyl (C=O) groups is 2. The highest BCUT2D eigenvalue weighted by atomic mass is 16.5. The van der Waals surface area contributed by atoms with Gasteiger partial charge in [0.15, 0.2) is 0 Å². The molecule has 1 atom stereocenters. The van der Waals surface area contributed by atoms with Gasteiger partial charge in [-0.15, -0.1) is 0 Å². The highest BCUT2D eigenvalue weighted by Gasteiger charge is 2.24. The number of hydrogen-bond donors (Lipinski definition) is 1. The summed E-state index contributed by atoms with van der Waals surface area (Å²) < 4.78 is 5.23. The number of nitrogens with zero attached hydrogens (tertiary/aromatic N) is 1. The molecule has 5 nitrogen and oxygen atoms in total. The van der Waals surface area contributed by atoms with E-state index < -0.39 is 6.04 Å². The van der Waals surface area contributed by atoms with Crippen molar-refractivity contribution in [3.05, 3.63) is 34.9 Å². The van der Waals surface area contributed by atoms with Crippen LogP contribution in [-0.4, -0.2) is 49.1 Å². The zero-order valence-corrected chi connectivity index (χ0v) is 12.8. The zero-order valence-electron chi connectivity index (χ0n) is 12.8. The molecular weight excluding hydrogens is 268 g/mol. The smallest absolute Gasteiger partial charge is 0.252 e. The van der Waals surface area contributed by atoms with Crippen molar-refractivity contribution in [3.8, 4) is 0 Å². The predicted octanol–water partition coefficient (Wildman–Crippen LogP) is 1.28. The Morgan fingerprint density at radius 2 is 1.90 bits per heavy atom. The van der Waals surface area contributed by atoms with E-state index in [2.05, 4.69) is 5.32 Å². The fraction of sp³-hybridized carbons (Fsp3) is 0.500. The summed E-state index contributed by atoms with van der Waals surface area (Å²) >= 11 is 0. The molecule has 1 aliphatic rings. The van der Waals surface area contributed by atoms with Crippen LogP contribution in [0.2, 0.25) is 0 Å². The molecule has 2 rings (SSSR count). The van der Waals surface area contributed by atoms with Gasteiger partial charge in [0.05, 0.1) is 13.2 Å². The molecule has 1 saturated heterocycles. The normalized spacial score (nSPS) is 16.4. The fourth-order valence-electron chi connectivity index (χ4n) is 2.46. The number of rotatable bonds is 3. The average molecular weight is 290 g/mol. The Balaban J connectivity index is 1.99. The van der Waals surface area contributed by atoms with E-state index in [1.165, 1.54) is 0 Å². The molecule has 1 aromatic rings. The van der Waals surface area contributed by atoms with Crippen LogP contribution in [0.3, 0.4) is 0 Å². The van der Waals surface area contributed by atoms with Gasteiger partial charge in [0.1, 0.15) is 6.04 Å². The van der Waals surface area contributed by atoms with E-state index in [0.29, 0.717) is 31.9 Å². The molecule has 0 bridgehead atoms. The van der Waals surface area contributed by atoms with E-state index >= 15 is 0 Å². The van der Waals surface area contributed by atoms with Crippen molar-refractivity contribution in [2.24, 2.45) is 0 Å². The zero-order chi connectivity index (χ0) is 15.4. The summed E-state index contributed by atoms with van der Waals surface area (Å²) in [6.45, 7) is 7.90. The standard InChI is InChI=1S/C16H22N2O3/c1-11-4-5-14(12(2)10-11)15(19)17-13(3)16(20)18-6-8-21-9-7-18/h4-5,10,13H,6-9H2,1-3H3,(H,17,19)/t13-/m0/s1. The number of nitrogens with one attached hydrogen (secondary N) is 1. The Kier molecular flexibility index (Phi) is 4.96. The molecular formula is C16H22N2O3. The van der Waals surface area contributed by atoms with Crippen LogP contribution in [0, 0.1) is 13.8 Å². The fourth-order valence-corrected chi connectivity index (χ4v) is 2.46.